The van der Waals surface area contributed by atoms with Crippen molar-refractivity contribution >= 4 is 11.7 Å². The normalized spacial score (nSPS) is 19.8. The van der Waals surface area contributed by atoms with Gasteiger partial charge in [0.1, 0.15) is 5.82 Å². The number of rotatable bonds is 6. The van der Waals surface area contributed by atoms with E-state index >= 15 is 0 Å². The summed E-state index contributed by atoms with van der Waals surface area (Å²) in [4.78, 5) is 16.2. The van der Waals surface area contributed by atoms with E-state index in [1.807, 2.05) is 12.1 Å². The molecule has 1 aliphatic rings. The van der Waals surface area contributed by atoms with Gasteiger partial charge in [-0.2, -0.15) is 0 Å². The van der Waals surface area contributed by atoms with Crippen molar-refractivity contribution in [2.75, 3.05) is 18.4 Å². The summed E-state index contributed by atoms with van der Waals surface area (Å²) in [6.07, 6.45) is 3.89. The minimum Gasteiger partial charge on any atom is -0.370 e. The third-order valence-electron chi connectivity index (χ3n) is 3.81. The Morgan fingerprint density at radius 3 is 2.74 bits per heavy atom. The quantitative estimate of drug-likeness (QED) is 0.827. The van der Waals surface area contributed by atoms with E-state index in [0.29, 0.717) is 16.9 Å². The summed E-state index contributed by atoms with van der Waals surface area (Å²) in [5.41, 5.74) is 1.03. The van der Waals surface area contributed by atoms with Crippen LogP contribution in [0, 0.1) is 11.3 Å². The minimum absolute atomic E-state index is 0.0303. The van der Waals surface area contributed by atoms with Gasteiger partial charge in [0, 0.05) is 19.3 Å². The van der Waals surface area contributed by atoms with Crippen LogP contribution in [0.25, 0.3) is 0 Å². The fraction of sp³-hybridized carbons (Fsp3) is 0.600. The smallest absolute Gasteiger partial charge is 0.252 e. The molecule has 1 fully saturated rings. The highest BCUT2D eigenvalue weighted by Gasteiger charge is 2.45. The van der Waals surface area contributed by atoms with Gasteiger partial charge in [-0.3, -0.25) is 4.79 Å². The van der Waals surface area contributed by atoms with Crippen LogP contribution in [-0.4, -0.2) is 24.0 Å². The predicted octanol–water partition coefficient (Wildman–Crippen LogP) is 2.68. The Balaban J connectivity index is 1.82. The molecule has 1 aliphatic carbocycles. The molecule has 1 aromatic heterocycles. The van der Waals surface area contributed by atoms with Gasteiger partial charge in [-0.25, -0.2) is 4.98 Å². The molecule has 0 aliphatic heterocycles. The summed E-state index contributed by atoms with van der Waals surface area (Å²) in [5, 5.41) is 6.17. The summed E-state index contributed by atoms with van der Waals surface area (Å²) in [7, 11) is 0. The maximum Gasteiger partial charge on any atom is 0.252 e. The molecule has 1 atom stereocenters. The SMILES string of the molecule is CCCNc1ccc(C(=O)NCC2CC2(C)C)cn1. The van der Waals surface area contributed by atoms with Crippen LogP contribution in [0.5, 0.6) is 0 Å². The first kappa shape index (κ1) is 13.8. The number of nitrogens with zero attached hydrogens (tertiary/aromatic N) is 1. The van der Waals surface area contributed by atoms with E-state index in [-0.39, 0.29) is 5.91 Å². The molecule has 1 heterocycles. The zero-order valence-electron chi connectivity index (χ0n) is 12.0. The number of nitrogens with one attached hydrogen (secondary N) is 2. The van der Waals surface area contributed by atoms with Gasteiger partial charge in [0.05, 0.1) is 5.56 Å². The average molecular weight is 261 g/mol. The molecule has 104 valence electrons. The molecule has 2 N–H and O–H groups in total. The van der Waals surface area contributed by atoms with Gasteiger partial charge in [-0.05, 0) is 36.3 Å². The van der Waals surface area contributed by atoms with Crippen LogP contribution in [0.4, 0.5) is 5.82 Å². The third kappa shape index (κ3) is 3.69. The number of carbonyl (C=O) groups excluding carboxylic acids is 1. The summed E-state index contributed by atoms with van der Waals surface area (Å²) < 4.78 is 0. The Morgan fingerprint density at radius 2 is 2.21 bits per heavy atom. The van der Waals surface area contributed by atoms with Crippen molar-refractivity contribution in [3.8, 4) is 0 Å². The molecule has 1 saturated carbocycles. The Hall–Kier alpha value is -1.58. The first-order chi connectivity index (χ1) is 9.03. The molecular formula is C15H23N3O. The van der Waals surface area contributed by atoms with Crippen LogP contribution < -0.4 is 10.6 Å². The lowest BCUT2D eigenvalue weighted by molar-refractivity contribution is 0.0950. The van der Waals surface area contributed by atoms with Crippen LogP contribution in [0.15, 0.2) is 18.3 Å². The average Bonchev–Trinajstić information content (AvgIpc) is 3.02. The van der Waals surface area contributed by atoms with Crippen molar-refractivity contribution in [1.82, 2.24) is 10.3 Å². The molecule has 1 amide bonds. The van der Waals surface area contributed by atoms with Crippen molar-refractivity contribution in [2.24, 2.45) is 11.3 Å². The second kappa shape index (κ2) is 5.59. The van der Waals surface area contributed by atoms with E-state index in [9.17, 15) is 4.79 Å². The van der Waals surface area contributed by atoms with Gasteiger partial charge in [-0.15, -0.1) is 0 Å². The number of carbonyl (C=O) groups is 1. The second-order valence-corrected chi connectivity index (χ2v) is 5.96. The topological polar surface area (TPSA) is 54.0 Å². The highest BCUT2D eigenvalue weighted by Crippen LogP contribution is 2.50. The third-order valence-corrected chi connectivity index (χ3v) is 3.81. The predicted molar refractivity (Wildman–Crippen MR) is 77.2 cm³/mol. The lowest BCUT2D eigenvalue weighted by Gasteiger charge is -2.07. The molecule has 4 nitrogen and oxygen atoms in total. The largest absolute Gasteiger partial charge is 0.370 e. The van der Waals surface area contributed by atoms with Gasteiger partial charge < -0.3 is 10.6 Å². The summed E-state index contributed by atoms with van der Waals surface area (Å²) in [6.45, 7) is 8.24. The number of hydrogen-bond donors (Lipinski definition) is 2. The van der Waals surface area contributed by atoms with Crippen molar-refractivity contribution in [2.45, 2.75) is 33.6 Å². The molecule has 1 aromatic rings. The van der Waals surface area contributed by atoms with Crippen molar-refractivity contribution in [3.63, 3.8) is 0 Å². The van der Waals surface area contributed by atoms with E-state index in [4.69, 9.17) is 0 Å². The van der Waals surface area contributed by atoms with Gasteiger partial charge in [-0.1, -0.05) is 20.8 Å². The van der Waals surface area contributed by atoms with Crippen molar-refractivity contribution in [3.05, 3.63) is 23.9 Å². The van der Waals surface area contributed by atoms with Gasteiger partial charge >= 0.3 is 0 Å². The summed E-state index contributed by atoms with van der Waals surface area (Å²) in [5.74, 6) is 1.41. The Morgan fingerprint density at radius 1 is 1.47 bits per heavy atom. The van der Waals surface area contributed by atoms with Crippen LogP contribution >= 0.6 is 0 Å². The fourth-order valence-corrected chi connectivity index (χ4v) is 2.13. The lowest BCUT2D eigenvalue weighted by atomic mass is 10.1. The Labute approximate surface area is 115 Å². The number of hydrogen-bond acceptors (Lipinski definition) is 3. The lowest BCUT2D eigenvalue weighted by Crippen LogP contribution is -2.26. The standard InChI is InChI=1S/C15H23N3O/c1-4-7-16-13-6-5-11(9-17-13)14(19)18-10-12-8-15(12,2)3/h5-6,9,12H,4,7-8,10H2,1-3H3,(H,16,17)(H,18,19). The zero-order chi connectivity index (χ0) is 13.9. The van der Waals surface area contributed by atoms with E-state index < -0.39 is 0 Å². The van der Waals surface area contributed by atoms with Crippen LogP contribution in [-0.2, 0) is 0 Å². The van der Waals surface area contributed by atoms with E-state index in [1.165, 1.54) is 6.42 Å². The summed E-state index contributed by atoms with van der Waals surface area (Å²) >= 11 is 0. The molecule has 2 rings (SSSR count). The molecule has 0 radical (unpaired) electrons. The van der Waals surface area contributed by atoms with Gasteiger partial charge in [0.15, 0.2) is 0 Å². The molecular weight excluding hydrogens is 238 g/mol. The molecule has 1 unspecified atom stereocenters. The van der Waals surface area contributed by atoms with Crippen LogP contribution in [0.1, 0.15) is 44.0 Å². The highest BCUT2D eigenvalue weighted by molar-refractivity contribution is 5.94. The number of anilines is 1. The molecule has 0 saturated heterocycles. The monoisotopic (exact) mass is 261 g/mol. The maximum absolute atomic E-state index is 11.9. The van der Waals surface area contributed by atoms with Crippen molar-refractivity contribution < 1.29 is 4.79 Å². The number of aromatic nitrogens is 1. The van der Waals surface area contributed by atoms with Crippen molar-refractivity contribution in [1.29, 1.82) is 0 Å². The van der Waals surface area contributed by atoms with Gasteiger partial charge in [0.25, 0.3) is 5.91 Å². The zero-order valence-corrected chi connectivity index (χ0v) is 12.0. The second-order valence-electron chi connectivity index (χ2n) is 5.96. The van der Waals surface area contributed by atoms with Crippen LogP contribution in [0.3, 0.4) is 0 Å². The van der Waals surface area contributed by atoms with E-state index in [2.05, 4.69) is 36.4 Å². The number of pyridine rings is 1. The maximum atomic E-state index is 11.9. The van der Waals surface area contributed by atoms with Crippen LogP contribution in [0.2, 0.25) is 0 Å². The van der Waals surface area contributed by atoms with Gasteiger partial charge in [0.2, 0.25) is 0 Å². The number of amides is 1. The molecule has 0 bridgehead atoms. The Kier molecular flexibility index (Phi) is 4.08. The first-order valence-electron chi connectivity index (χ1n) is 7.01. The van der Waals surface area contributed by atoms with E-state index in [1.54, 1.807) is 6.20 Å². The minimum atomic E-state index is -0.0303. The molecule has 19 heavy (non-hydrogen) atoms. The Bertz CT molecular complexity index is 439. The highest BCUT2D eigenvalue weighted by atomic mass is 16.1. The first-order valence-corrected chi connectivity index (χ1v) is 7.01. The van der Waals surface area contributed by atoms with E-state index in [0.717, 1.165) is 25.3 Å². The molecule has 4 heteroatoms. The fourth-order valence-electron chi connectivity index (χ4n) is 2.13. The summed E-state index contributed by atoms with van der Waals surface area (Å²) in [6, 6.07) is 3.67. The molecule has 0 spiro atoms. The molecule has 0 aromatic carbocycles.